The average Bonchev–Trinajstić information content (AvgIpc) is 1.79. The molecule has 0 aromatic carbocycles. The van der Waals surface area contributed by atoms with Crippen LogP contribution in [0.4, 0.5) is 0 Å². The van der Waals surface area contributed by atoms with Gasteiger partial charge in [-0.1, -0.05) is 31.4 Å². The molecule has 60 valence electrons. The van der Waals surface area contributed by atoms with Crippen molar-refractivity contribution in [2.45, 2.75) is 25.6 Å². The van der Waals surface area contributed by atoms with Crippen LogP contribution in [0.1, 0.15) is 6.42 Å². The van der Waals surface area contributed by atoms with Crippen LogP contribution in [0.3, 0.4) is 0 Å². The smallest absolute Gasteiger partial charge is 0.101 e. The molecule has 0 aliphatic rings. The summed E-state index contributed by atoms with van der Waals surface area (Å²) >= 11 is 10.5. The van der Waals surface area contributed by atoms with Crippen molar-refractivity contribution in [2.75, 3.05) is 5.75 Å². The van der Waals surface area contributed by atoms with Gasteiger partial charge in [-0.2, -0.15) is 0 Å². The Kier molecular flexibility index (Phi) is 7.38. The Morgan fingerprint density at radius 1 is 1.60 bits per heavy atom. The van der Waals surface area contributed by atoms with E-state index in [0.29, 0.717) is 0 Å². The minimum absolute atomic E-state index is 0.315. The lowest BCUT2D eigenvalue weighted by molar-refractivity contribution is 1.08. The Balaban J connectivity index is 2.98. The van der Waals surface area contributed by atoms with Crippen LogP contribution in [0.5, 0.6) is 0 Å². The Bertz CT molecular complexity index is 103. The maximum Gasteiger partial charge on any atom is 0.101 e. The van der Waals surface area contributed by atoms with E-state index in [4.69, 9.17) is 12.2 Å². The summed E-state index contributed by atoms with van der Waals surface area (Å²) in [5.41, 5.74) is 0. The summed E-state index contributed by atoms with van der Waals surface area (Å²) in [5, 5.41) is 0. The predicted molar refractivity (Wildman–Crippen MR) is 62.3 cm³/mol. The molecule has 0 amide bonds. The summed E-state index contributed by atoms with van der Waals surface area (Å²) in [6.07, 6.45) is 1.31. The van der Waals surface area contributed by atoms with E-state index < -0.39 is 0 Å². The van der Waals surface area contributed by atoms with Crippen LogP contribution >= 0.6 is 36.6 Å². The lowest BCUT2D eigenvalue weighted by Gasteiger charge is -2.00. The first kappa shape index (κ1) is 11.0. The summed E-state index contributed by atoms with van der Waals surface area (Å²) in [6.45, 7) is 4.76. The normalized spacial score (nSPS) is 10.4. The summed E-state index contributed by atoms with van der Waals surface area (Å²) < 4.78 is 0.783. The second kappa shape index (κ2) is 6.70. The first-order valence-electron chi connectivity index (χ1n) is 3.48. The lowest BCUT2D eigenvalue weighted by Crippen LogP contribution is -1.99. The third-order valence-electron chi connectivity index (χ3n) is 1.15. The summed E-state index contributed by atoms with van der Waals surface area (Å²) in [6, 6.07) is 1.43. The van der Waals surface area contributed by atoms with E-state index in [1.165, 1.54) is 12.5 Å². The number of rotatable bonds is 4. The van der Waals surface area contributed by atoms with E-state index in [9.17, 15) is 0 Å². The highest BCUT2D eigenvalue weighted by Gasteiger charge is 1.95. The van der Waals surface area contributed by atoms with E-state index in [2.05, 4.69) is 25.7 Å². The monoisotopic (exact) mass is 210 g/mol. The molecule has 0 rings (SSSR count). The van der Waals surface area contributed by atoms with Gasteiger partial charge in [-0.15, -0.1) is 24.4 Å². The molecule has 0 saturated carbocycles. The van der Waals surface area contributed by atoms with Gasteiger partial charge in [0.05, 0.1) is 0 Å². The highest BCUT2D eigenvalue weighted by molar-refractivity contribution is 8.41. The second-order valence-corrected chi connectivity index (χ2v) is 8.84. The first-order chi connectivity index (χ1) is 4.63. The molecule has 0 aliphatic heterocycles. The van der Waals surface area contributed by atoms with Crippen molar-refractivity contribution in [3.8, 4) is 0 Å². The SMILES string of the molecule is C[SiH](C)CCCSC(=S)S. The third-order valence-corrected chi connectivity index (χ3v) is 4.19. The van der Waals surface area contributed by atoms with Crippen molar-refractivity contribution in [1.29, 1.82) is 0 Å². The van der Waals surface area contributed by atoms with Crippen LogP contribution in [0.25, 0.3) is 0 Å². The fraction of sp³-hybridized carbons (Fsp3) is 0.833. The van der Waals surface area contributed by atoms with E-state index >= 15 is 0 Å². The molecular formula is C6H14S3Si. The minimum Gasteiger partial charge on any atom is -0.125 e. The van der Waals surface area contributed by atoms with Crippen molar-refractivity contribution in [3.05, 3.63) is 0 Å². The highest BCUT2D eigenvalue weighted by atomic mass is 32.2. The van der Waals surface area contributed by atoms with Gasteiger partial charge in [-0.05, 0) is 12.2 Å². The van der Waals surface area contributed by atoms with Crippen molar-refractivity contribution >= 4 is 48.9 Å². The number of hydrogen-bond acceptors (Lipinski definition) is 2. The zero-order valence-corrected chi connectivity index (χ0v) is 10.1. The third kappa shape index (κ3) is 9.01. The Morgan fingerprint density at radius 2 is 2.20 bits per heavy atom. The van der Waals surface area contributed by atoms with Gasteiger partial charge in [0.1, 0.15) is 3.53 Å². The van der Waals surface area contributed by atoms with E-state index in [0.717, 1.165) is 9.28 Å². The zero-order valence-electron chi connectivity index (χ0n) is 6.46. The molecule has 4 heteroatoms. The lowest BCUT2D eigenvalue weighted by atomic mass is 10.6. The van der Waals surface area contributed by atoms with Crippen LogP contribution < -0.4 is 0 Å². The molecular weight excluding hydrogens is 196 g/mol. The molecule has 0 aromatic heterocycles. The van der Waals surface area contributed by atoms with Crippen molar-refractivity contribution in [3.63, 3.8) is 0 Å². The topological polar surface area (TPSA) is 0 Å². The summed E-state index contributed by atoms with van der Waals surface area (Å²) in [4.78, 5) is 0. The fourth-order valence-corrected chi connectivity index (χ4v) is 2.98. The Labute approximate surface area is 80.2 Å². The number of hydrogen-bond donors (Lipinski definition) is 1. The van der Waals surface area contributed by atoms with Crippen molar-refractivity contribution in [1.82, 2.24) is 0 Å². The van der Waals surface area contributed by atoms with E-state index in [1.807, 2.05) is 0 Å². The van der Waals surface area contributed by atoms with Gasteiger partial charge >= 0.3 is 0 Å². The van der Waals surface area contributed by atoms with Gasteiger partial charge in [-0.3, -0.25) is 0 Å². The molecule has 0 aliphatic carbocycles. The standard InChI is InChI=1S/C6H14S3Si/c1-10(2)5-3-4-9-6(7)8/h10H,3-5H2,1-2H3,(H,7,8). The highest BCUT2D eigenvalue weighted by Crippen LogP contribution is 2.11. The van der Waals surface area contributed by atoms with Gasteiger partial charge in [0.2, 0.25) is 0 Å². The van der Waals surface area contributed by atoms with Gasteiger partial charge in [0.15, 0.2) is 0 Å². The zero-order chi connectivity index (χ0) is 7.98. The second-order valence-electron chi connectivity index (χ2n) is 2.65. The van der Waals surface area contributed by atoms with E-state index in [1.54, 1.807) is 11.8 Å². The van der Waals surface area contributed by atoms with E-state index in [-0.39, 0.29) is 8.80 Å². The van der Waals surface area contributed by atoms with Crippen LogP contribution in [0.15, 0.2) is 0 Å². The number of thiol groups is 1. The fourth-order valence-electron chi connectivity index (χ4n) is 0.651. The summed E-state index contributed by atoms with van der Waals surface area (Å²) in [5.74, 6) is 1.16. The molecule has 0 nitrogen and oxygen atoms in total. The molecule has 0 heterocycles. The maximum absolute atomic E-state index is 4.81. The van der Waals surface area contributed by atoms with Gasteiger partial charge in [-0.25, -0.2) is 0 Å². The predicted octanol–water partition coefficient (Wildman–Crippen LogP) is 2.81. The number of thioether (sulfide) groups is 1. The Morgan fingerprint density at radius 3 is 2.60 bits per heavy atom. The largest absolute Gasteiger partial charge is 0.125 e. The minimum atomic E-state index is -0.315. The average molecular weight is 210 g/mol. The molecule has 0 aromatic rings. The molecule has 0 atom stereocenters. The quantitative estimate of drug-likeness (QED) is 0.328. The number of thiocarbonyl (C=S) groups is 1. The van der Waals surface area contributed by atoms with Crippen molar-refractivity contribution < 1.29 is 0 Å². The first-order valence-corrected chi connectivity index (χ1v) is 8.45. The van der Waals surface area contributed by atoms with Crippen LogP contribution in [0, 0.1) is 0 Å². The molecule has 10 heavy (non-hydrogen) atoms. The molecule has 0 spiro atoms. The van der Waals surface area contributed by atoms with Crippen LogP contribution in [0.2, 0.25) is 19.1 Å². The molecule has 0 N–H and O–H groups in total. The molecule has 0 fully saturated rings. The molecule has 0 saturated heterocycles. The molecule has 0 bridgehead atoms. The summed E-state index contributed by atoms with van der Waals surface area (Å²) in [7, 11) is -0.315. The van der Waals surface area contributed by atoms with Gasteiger partial charge in [0.25, 0.3) is 0 Å². The van der Waals surface area contributed by atoms with Crippen molar-refractivity contribution in [2.24, 2.45) is 0 Å². The van der Waals surface area contributed by atoms with Crippen LogP contribution in [-0.2, 0) is 0 Å². The molecule has 0 radical (unpaired) electrons. The van der Waals surface area contributed by atoms with Crippen LogP contribution in [-0.4, -0.2) is 18.1 Å². The molecule has 0 unspecified atom stereocenters. The Hall–Kier alpha value is 1.01. The maximum atomic E-state index is 4.81. The van der Waals surface area contributed by atoms with Gasteiger partial charge < -0.3 is 0 Å². The van der Waals surface area contributed by atoms with Gasteiger partial charge in [0, 0.05) is 8.80 Å².